The molecule has 0 aliphatic heterocycles. The maximum absolute atomic E-state index is 14.4. The third-order valence-corrected chi connectivity index (χ3v) is 5.59. The molecule has 1 saturated carbocycles. The molecule has 0 spiro atoms. The Labute approximate surface area is 145 Å². The number of hydrogen-bond acceptors (Lipinski definition) is 1. The molecule has 0 radical (unpaired) electrons. The SMILES string of the molecule is CCOc1ccc(C2CCC(C(C)CCC(C)C)CC2)c(F)c1F. The van der Waals surface area contributed by atoms with E-state index >= 15 is 0 Å². The summed E-state index contributed by atoms with van der Waals surface area (Å²) in [6.07, 6.45) is 6.72. The molecule has 136 valence electrons. The minimum absolute atomic E-state index is 0.0229. The van der Waals surface area contributed by atoms with Crippen molar-refractivity contribution in [1.82, 2.24) is 0 Å². The molecule has 0 bridgehead atoms. The molecule has 1 aliphatic rings. The first-order valence-electron chi connectivity index (χ1n) is 9.54. The van der Waals surface area contributed by atoms with Gasteiger partial charge in [0, 0.05) is 0 Å². The second kappa shape index (κ2) is 8.82. The summed E-state index contributed by atoms with van der Waals surface area (Å²) in [6.45, 7) is 9.01. The molecule has 0 N–H and O–H groups in total. The van der Waals surface area contributed by atoms with Gasteiger partial charge in [0.1, 0.15) is 0 Å². The van der Waals surface area contributed by atoms with Crippen LogP contribution in [0.1, 0.15) is 77.7 Å². The predicted octanol–water partition coefficient (Wildman–Crippen LogP) is 6.71. The van der Waals surface area contributed by atoms with E-state index in [1.54, 1.807) is 19.1 Å². The van der Waals surface area contributed by atoms with Gasteiger partial charge < -0.3 is 4.74 Å². The Kier molecular flexibility index (Phi) is 7.06. The van der Waals surface area contributed by atoms with Crippen molar-refractivity contribution in [2.45, 2.75) is 72.1 Å². The van der Waals surface area contributed by atoms with Gasteiger partial charge in [-0.1, -0.05) is 39.7 Å². The smallest absolute Gasteiger partial charge is 0.200 e. The summed E-state index contributed by atoms with van der Waals surface area (Å²) in [5.41, 5.74) is 0.532. The molecule has 3 heteroatoms. The van der Waals surface area contributed by atoms with Crippen molar-refractivity contribution in [2.75, 3.05) is 6.61 Å². The standard InChI is InChI=1S/C21H32F2O/c1-5-24-19-13-12-18(20(22)21(19)23)17-10-8-16(9-11-17)15(4)7-6-14(2)3/h12-17H,5-11H2,1-4H3. The average Bonchev–Trinajstić information content (AvgIpc) is 2.57. The van der Waals surface area contributed by atoms with Gasteiger partial charge in [-0.3, -0.25) is 0 Å². The Morgan fingerprint density at radius 1 is 1.00 bits per heavy atom. The summed E-state index contributed by atoms with van der Waals surface area (Å²) in [5.74, 6) is 0.841. The highest BCUT2D eigenvalue weighted by Crippen LogP contribution is 2.41. The molecular weight excluding hydrogens is 306 g/mol. The number of ether oxygens (including phenoxy) is 1. The Morgan fingerprint density at radius 2 is 1.67 bits per heavy atom. The summed E-state index contributed by atoms with van der Waals surface area (Å²) >= 11 is 0. The largest absolute Gasteiger partial charge is 0.491 e. The van der Waals surface area contributed by atoms with Gasteiger partial charge in [0.05, 0.1) is 6.61 Å². The lowest BCUT2D eigenvalue weighted by atomic mass is 9.73. The Morgan fingerprint density at radius 3 is 2.25 bits per heavy atom. The van der Waals surface area contributed by atoms with E-state index < -0.39 is 11.6 Å². The van der Waals surface area contributed by atoms with Crippen LogP contribution in [0.5, 0.6) is 5.75 Å². The van der Waals surface area contributed by atoms with Gasteiger partial charge in [0.2, 0.25) is 5.82 Å². The fourth-order valence-corrected chi connectivity index (χ4v) is 3.96. The van der Waals surface area contributed by atoms with Crippen molar-refractivity contribution in [3.05, 3.63) is 29.3 Å². The number of benzene rings is 1. The van der Waals surface area contributed by atoms with Crippen LogP contribution in [0.15, 0.2) is 12.1 Å². The highest BCUT2D eigenvalue weighted by Gasteiger charge is 2.28. The van der Waals surface area contributed by atoms with Gasteiger partial charge in [-0.25, -0.2) is 4.39 Å². The zero-order valence-corrected chi connectivity index (χ0v) is 15.6. The van der Waals surface area contributed by atoms with Crippen molar-refractivity contribution in [1.29, 1.82) is 0 Å². The van der Waals surface area contributed by atoms with Crippen LogP contribution in [0.25, 0.3) is 0 Å². The maximum Gasteiger partial charge on any atom is 0.200 e. The van der Waals surface area contributed by atoms with E-state index in [1.807, 2.05) is 0 Å². The quantitative estimate of drug-likeness (QED) is 0.537. The first-order valence-corrected chi connectivity index (χ1v) is 9.54. The molecule has 1 aromatic carbocycles. The van der Waals surface area contributed by atoms with Crippen molar-refractivity contribution in [3.8, 4) is 5.75 Å². The second-order valence-electron chi connectivity index (χ2n) is 7.77. The zero-order valence-electron chi connectivity index (χ0n) is 15.6. The van der Waals surface area contributed by atoms with E-state index in [9.17, 15) is 8.78 Å². The van der Waals surface area contributed by atoms with Crippen molar-refractivity contribution in [2.24, 2.45) is 17.8 Å². The van der Waals surface area contributed by atoms with Crippen LogP contribution >= 0.6 is 0 Å². The van der Waals surface area contributed by atoms with Crippen LogP contribution in [0.2, 0.25) is 0 Å². The Balaban J connectivity index is 1.96. The van der Waals surface area contributed by atoms with Crippen molar-refractivity contribution in [3.63, 3.8) is 0 Å². The van der Waals surface area contributed by atoms with Gasteiger partial charge in [0.15, 0.2) is 11.6 Å². The van der Waals surface area contributed by atoms with Crippen molar-refractivity contribution < 1.29 is 13.5 Å². The number of halogens is 2. The van der Waals surface area contributed by atoms with E-state index in [-0.39, 0.29) is 11.7 Å². The number of rotatable bonds is 7. The molecule has 0 aromatic heterocycles. The van der Waals surface area contributed by atoms with E-state index in [2.05, 4.69) is 20.8 Å². The molecular formula is C21H32F2O. The minimum Gasteiger partial charge on any atom is -0.491 e. The molecule has 1 fully saturated rings. The molecule has 24 heavy (non-hydrogen) atoms. The third kappa shape index (κ3) is 4.70. The van der Waals surface area contributed by atoms with Crippen LogP contribution in [0, 0.1) is 29.4 Å². The summed E-state index contributed by atoms with van der Waals surface area (Å²) < 4.78 is 33.6. The summed E-state index contributed by atoms with van der Waals surface area (Å²) in [5, 5.41) is 0. The Hall–Kier alpha value is -1.12. The number of hydrogen-bond donors (Lipinski definition) is 0. The van der Waals surface area contributed by atoms with Gasteiger partial charge in [-0.2, -0.15) is 4.39 Å². The van der Waals surface area contributed by atoms with E-state index in [4.69, 9.17) is 4.74 Å². The topological polar surface area (TPSA) is 9.23 Å². The molecule has 1 atom stereocenters. The normalized spacial score (nSPS) is 22.6. The third-order valence-electron chi connectivity index (χ3n) is 5.59. The average molecular weight is 338 g/mol. The predicted molar refractivity (Wildman–Crippen MR) is 95.5 cm³/mol. The maximum atomic E-state index is 14.4. The monoisotopic (exact) mass is 338 g/mol. The molecule has 0 amide bonds. The van der Waals surface area contributed by atoms with Gasteiger partial charge in [-0.05, 0) is 67.9 Å². The highest BCUT2D eigenvalue weighted by molar-refractivity contribution is 5.33. The molecule has 0 heterocycles. The van der Waals surface area contributed by atoms with Gasteiger partial charge in [0.25, 0.3) is 0 Å². The lowest BCUT2D eigenvalue weighted by molar-refractivity contribution is 0.225. The van der Waals surface area contributed by atoms with E-state index in [1.165, 1.54) is 12.8 Å². The van der Waals surface area contributed by atoms with Gasteiger partial charge >= 0.3 is 0 Å². The van der Waals surface area contributed by atoms with Crippen LogP contribution in [-0.2, 0) is 0 Å². The highest BCUT2D eigenvalue weighted by atomic mass is 19.2. The molecule has 1 nitrogen and oxygen atoms in total. The summed E-state index contributed by atoms with van der Waals surface area (Å²) in [6, 6.07) is 3.30. The van der Waals surface area contributed by atoms with E-state index in [0.717, 1.165) is 43.4 Å². The van der Waals surface area contributed by atoms with Gasteiger partial charge in [-0.15, -0.1) is 0 Å². The Bertz CT molecular complexity index is 519. The molecule has 1 aliphatic carbocycles. The lowest BCUT2D eigenvalue weighted by Gasteiger charge is -2.33. The van der Waals surface area contributed by atoms with Crippen LogP contribution < -0.4 is 4.74 Å². The zero-order chi connectivity index (χ0) is 17.7. The fraction of sp³-hybridized carbons (Fsp3) is 0.714. The first-order chi connectivity index (χ1) is 11.4. The van der Waals surface area contributed by atoms with Crippen LogP contribution in [-0.4, -0.2) is 6.61 Å². The lowest BCUT2D eigenvalue weighted by Crippen LogP contribution is -2.20. The van der Waals surface area contributed by atoms with Crippen LogP contribution in [0.3, 0.4) is 0 Å². The van der Waals surface area contributed by atoms with Crippen molar-refractivity contribution >= 4 is 0 Å². The molecule has 1 aromatic rings. The van der Waals surface area contributed by atoms with Crippen LogP contribution in [0.4, 0.5) is 8.78 Å². The fourth-order valence-electron chi connectivity index (χ4n) is 3.96. The first kappa shape index (κ1) is 19.2. The second-order valence-corrected chi connectivity index (χ2v) is 7.77. The minimum atomic E-state index is -0.832. The summed E-state index contributed by atoms with van der Waals surface area (Å²) in [4.78, 5) is 0. The molecule has 0 saturated heterocycles. The summed E-state index contributed by atoms with van der Waals surface area (Å²) in [7, 11) is 0. The molecule has 2 rings (SSSR count). The molecule has 1 unspecified atom stereocenters. The van der Waals surface area contributed by atoms with E-state index in [0.29, 0.717) is 12.2 Å².